The van der Waals surface area contributed by atoms with Crippen molar-refractivity contribution in [2.75, 3.05) is 0 Å². The van der Waals surface area contributed by atoms with Gasteiger partial charge in [0, 0.05) is 29.2 Å². The molecule has 0 aliphatic heterocycles. The Bertz CT molecular complexity index is 976. The zero-order valence-electron chi connectivity index (χ0n) is 17.1. The first-order valence-electron chi connectivity index (χ1n) is 9.90. The van der Waals surface area contributed by atoms with Crippen molar-refractivity contribution in [3.8, 4) is 0 Å². The third kappa shape index (κ3) is 6.33. The summed E-state index contributed by atoms with van der Waals surface area (Å²) in [5.74, 6) is 0.250. The van der Waals surface area contributed by atoms with Gasteiger partial charge >= 0.3 is 0 Å². The number of hydrogen-bond acceptors (Lipinski definition) is 4. The van der Waals surface area contributed by atoms with Crippen molar-refractivity contribution in [1.29, 1.82) is 0 Å². The summed E-state index contributed by atoms with van der Waals surface area (Å²) in [4.78, 5) is 18.8. The predicted molar refractivity (Wildman–Crippen MR) is 120 cm³/mol. The zero-order valence-corrected chi connectivity index (χ0v) is 18.6. The molecule has 0 fully saturated rings. The molecule has 30 heavy (non-hydrogen) atoms. The standard InChI is InChI=1S/C23H25Cl2N3O2/c1-3-16(2)26-23(29)21-15-30-22(27-21)14-28(12-17-7-5-4-6-8-17)13-18-9-10-19(24)11-20(18)25/h4-11,15-16H,3,12-14H2,1-2H3,(H,26,29)/t16-/m1/s1. The van der Waals surface area contributed by atoms with Crippen LogP contribution < -0.4 is 5.32 Å². The van der Waals surface area contributed by atoms with Crippen molar-refractivity contribution in [1.82, 2.24) is 15.2 Å². The van der Waals surface area contributed by atoms with Crippen LogP contribution in [-0.4, -0.2) is 21.8 Å². The molecule has 7 heteroatoms. The normalized spacial score (nSPS) is 12.2. The lowest BCUT2D eigenvalue weighted by Gasteiger charge is -2.21. The fraction of sp³-hybridized carbons (Fsp3) is 0.304. The zero-order chi connectivity index (χ0) is 21.5. The molecule has 2 aromatic carbocycles. The molecule has 5 nitrogen and oxygen atoms in total. The highest BCUT2D eigenvalue weighted by Crippen LogP contribution is 2.24. The smallest absolute Gasteiger partial charge is 0.273 e. The Morgan fingerprint density at radius 1 is 1.13 bits per heavy atom. The second kappa shape index (κ2) is 10.6. The highest BCUT2D eigenvalue weighted by atomic mass is 35.5. The van der Waals surface area contributed by atoms with Gasteiger partial charge in [-0.2, -0.15) is 0 Å². The second-order valence-corrected chi connectivity index (χ2v) is 8.12. The van der Waals surface area contributed by atoms with Crippen LogP contribution in [0.5, 0.6) is 0 Å². The molecular weight excluding hydrogens is 421 g/mol. The fourth-order valence-corrected chi connectivity index (χ4v) is 3.45. The third-order valence-electron chi connectivity index (χ3n) is 4.79. The first-order valence-corrected chi connectivity index (χ1v) is 10.7. The van der Waals surface area contributed by atoms with Gasteiger partial charge < -0.3 is 9.73 Å². The summed E-state index contributed by atoms with van der Waals surface area (Å²) < 4.78 is 5.59. The molecule has 1 N–H and O–H groups in total. The van der Waals surface area contributed by atoms with Crippen molar-refractivity contribution >= 4 is 29.1 Å². The van der Waals surface area contributed by atoms with Gasteiger partial charge in [0.05, 0.1) is 6.54 Å². The summed E-state index contributed by atoms with van der Waals surface area (Å²) in [6.45, 7) is 5.67. The van der Waals surface area contributed by atoms with Crippen LogP contribution >= 0.6 is 23.2 Å². The molecule has 0 aliphatic rings. The lowest BCUT2D eigenvalue weighted by molar-refractivity contribution is 0.0934. The van der Waals surface area contributed by atoms with Crippen LogP contribution in [0.3, 0.4) is 0 Å². The maximum atomic E-state index is 12.3. The van der Waals surface area contributed by atoms with E-state index in [0.717, 1.165) is 17.5 Å². The number of amides is 1. The summed E-state index contributed by atoms with van der Waals surface area (Å²) in [5, 5.41) is 4.11. The Morgan fingerprint density at radius 2 is 1.90 bits per heavy atom. The van der Waals surface area contributed by atoms with Crippen molar-refractivity contribution in [3.63, 3.8) is 0 Å². The molecular formula is C23H25Cl2N3O2. The van der Waals surface area contributed by atoms with Crippen LogP contribution in [0.15, 0.2) is 59.2 Å². The molecule has 0 radical (unpaired) electrons. The van der Waals surface area contributed by atoms with E-state index in [1.165, 1.54) is 6.26 Å². The number of carbonyl (C=O) groups is 1. The van der Waals surface area contributed by atoms with Crippen molar-refractivity contribution < 1.29 is 9.21 Å². The van der Waals surface area contributed by atoms with Gasteiger partial charge in [0.25, 0.3) is 5.91 Å². The number of aromatic nitrogens is 1. The van der Waals surface area contributed by atoms with Crippen LogP contribution in [0.25, 0.3) is 0 Å². The fourth-order valence-electron chi connectivity index (χ4n) is 2.98. The summed E-state index contributed by atoms with van der Waals surface area (Å²) in [5.41, 5.74) is 2.40. The van der Waals surface area contributed by atoms with Crippen molar-refractivity contribution in [2.24, 2.45) is 0 Å². The van der Waals surface area contributed by atoms with E-state index in [1.807, 2.05) is 44.2 Å². The third-order valence-corrected chi connectivity index (χ3v) is 5.38. The number of nitrogens with one attached hydrogen (secondary N) is 1. The summed E-state index contributed by atoms with van der Waals surface area (Å²) >= 11 is 12.4. The largest absolute Gasteiger partial charge is 0.447 e. The minimum Gasteiger partial charge on any atom is -0.447 e. The van der Waals surface area contributed by atoms with E-state index in [9.17, 15) is 4.79 Å². The lowest BCUT2D eigenvalue weighted by Crippen LogP contribution is -2.32. The van der Waals surface area contributed by atoms with Crippen molar-refractivity contribution in [3.05, 3.63) is 87.6 Å². The molecule has 1 amide bonds. The molecule has 158 valence electrons. The molecule has 1 aromatic heterocycles. The minimum atomic E-state index is -0.227. The summed E-state index contributed by atoms with van der Waals surface area (Å²) in [6, 6.07) is 15.7. The summed E-state index contributed by atoms with van der Waals surface area (Å²) in [6.07, 6.45) is 2.26. The molecule has 3 aromatic rings. The number of oxazole rings is 1. The second-order valence-electron chi connectivity index (χ2n) is 7.28. The molecule has 1 heterocycles. The van der Waals surface area contributed by atoms with Gasteiger partial charge in [-0.05, 0) is 36.6 Å². The summed E-state index contributed by atoms with van der Waals surface area (Å²) in [7, 11) is 0. The molecule has 3 rings (SSSR count). The first kappa shape index (κ1) is 22.3. The number of rotatable bonds is 9. The predicted octanol–water partition coefficient (Wildman–Crippen LogP) is 5.71. The minimum absolute atomic E-state index is 0.0827. The van der Waals surface area contributed by atoms with Crippen LogP contribution in [0.2, 0.25) is 10.0 Å². The molecule has 0 saturated carbocycles. The van der Waals surface area contributed by atoms with Crippen LogP contribution in [0.4, 0.5) is 0 Å². The van der Waals surface area contributed by atoms with Crippen LogP contribution in [0.1, 0.15) is 47.8 Å². The van der Waals surface area contributed by atoms with E-state index in [0.29, 0.717) is 35.6 Å². The van der Waals surface area contributed by atoms with Gasteiger partial charge in [-0.1, -0.05) is 66.5 Å². The van der Waals surface area contributed by atoms with E-state index in [1.54, 1.807) is 6.07 Å². The van der Waals surface area contributed by atoms with E-state index in [-0.39, 0.29) is 17.6 Å². The number of hydrogen-bond donors (Lipinski definition) is 1. The van der Waals surface area contributed by atoms with Gasteiger partial charge in [0.15, 0.2) is 5.69 Å². The quantitative estimate of drug-likeness (QED) is 0.457. The first-order chi connectivity index (χ1) is 14.4. The highest BCUT2D eigenvalue weighted by Gasteiger charge is 2.17. The highest BCUT2D eigenvalue weighted by molar-refractivity contribution is 6.35. The number of halogens is 2. The van der Waals surface area contributed by atoms with Gasteiger partial charge in [0.1, 0.15) is 6.26 Å². The Kier molecular flexibility index (Phi) is 7.91. The SMILES string of the molecule is CC[C@@H](C)NC(=O)c1coc(CN(Cc2ccccc2)Cc2ccc(Cl)cc2Cl)n1. The van der Waals surface area contributed by atoms with Gasteiger partial charge in [-0.3, -0.25) is 9.69 Å². The van der Waals surface area contributed by atoms with Crippen molar-refractivity contribution in [2.45, 2.75) is 45.9 Å². The van der Waals surface area contributed by atoms with Gasteiger partial charge in [0.2, 0.25) is 5.89 Å². The lowest BCUT2D eigenvalue weighted by atomic mass is 10.1. The molecule has 0 spiro atoms. The molecule has 0 bridgehead atoms. The maximum absolute atomic E-state index is 12.3. The van der Waals surface area contributed by atoms with E-state index in [4.69, 9.17) is 27.6 Å². The van der Waals surface area contributed by atoms with E-state index in [2.05, 4.69) is 27.3 Å². The Labute approximate surface area is 187 Å². The molecule has 0 saturated heterocycles. The number of carbonyl (C=O) groups excluding carboxylic acids is 1. The topological polar surface area (TPSA) is 58.4 Å². The Hall–Kier alpha value is -2.34. The molecule has 0 unspecified atom stereocenters. The maximum Gasteiger partial charge on any atom is 0.273 e. The van der Waals surface area contributed by atoms with Crippen LogP contribution in [-0.2, 0) is 19.6 Å². The Morgan fingerprint density at radius 3 is 2.60 bits per heavy atom. The van der Waals surface area contributed by atoms with E-state index >= 15 is 0 Å². The molecule has 1 atom stereocenters. The Balaban J connectivity index is 1.76. The number of nitrogens with zero attached hydrogens (tertiary/aromatic N) is 2. The monoisotopic (exact) mass is 445 g/mol. The van der Waals surface area contributed by atoms with Gasteiger partial charge in [-0.15, -0.1) is 0 Å². The average molecular weight is 446 g/mol. The van der Waals surface area contributed by atoms with Crippen LogP contribution in [0, 0.1) is 0 Å². The number of benzene rings is 2. The average Bonchev–Trinajstić information content (AvgIpc) is 3.19. The van der Waals surface area contributed by atoms with Gasteiger partial charge in [-0.25, -0.2) is 4.98 Å². The van der Waals surface area contributed by atoms with E-state index < -0.39 is 0 Å². The molecule has 0 aliphatic carbocycles.